The SMILES string of the molecule is Fc1ccc2c(c1)nc(CCl)n2CCc1ccccc1F. The average Bonchev–Trinajstić information content (AvgIpc) is 2.83. The predicted molar refractivity (Wildman–Crippen MR) is 79.4 cm³/mol. The van der Waals surface area contributed by atoms with Gasteiger partial charge >= 0.3 is 0 Å². The maximum absolute atomic E-state index is 13.7. The van der Waals surface area contributed by atoms with Crippen LogP contribution in [-0.2, 0) is 18.8 Å². The van der Waals surface area contributed by atoms with Gasteiger partial charge in [0, 0.05) is 12.6 Å². The number of hydrogen-bond donors (Lipinski definition) is 0. The van der Waals surface area contributed by atoms with Gasteiger partial charge in [0.15, 0.2) is 0 Å². The first kappa shape index (κ1) is 14.0. The van der Waals surface area contributed by atoms with Crippen molar-refractivity contribution in [3.05, 3.63) is 65.5 Å². The normalized spacial score (nSPS) is 11.2. The fourth-order valence-corrected chi connectivity index (χ4v) is 2.64. The van der Waals surface area contributed by atoms with E-state index in [0.717, 1.165) is 5.52 Å². The molecular weight excluding hydrogens is 294 g/mol. The van der Waals surface area contributed by atoms with Gasteiger partial charge in [0.25, 0.3) is 0 Å². The van der Waals surface area contributed by atoms with Crippen molar-refractivity contribution in [1.82, 2.24) is 9.55 Å². The van der Waals surface area contributed by atoms with Gasteiger partial charge in [-0.05, 0) is 30.2 Å². The summed E-state index contributed by atoms with van der Waals surface area (Å²) in [5.41, 5.74) is 2.02. The Morgan fingerprint density at radius 2 is 1.90 bits per heavy atom. The molecule has 0 N–H and O–H groups in total. The van der Waals surface area contributed by atoms with Crippen LogP contribution < -0.4 is 0 Å². The summed E-state index contributed by atoms with van der Waals surface area (Å²) in [6.45, 7) is 0.547. The predicted octanol–water partition coefficient (Wildman–Crippen LogP) is 4.30. The number of hydrogen-bond acceptors (Lipinski definition) is 1. The number of alkyl halides is 1. The maximum atomic E-state index is 13.7. The van der Waals surface area contributed by atoms with Gasteiger partial charge in [-0.1, -0.05) is 18.2 Å². The Kier molecular flexibility index (Phi) is 3.88. The molecule has 0 aliphatic heterocycles. The number of nitrogens with zero attached hydrogens (tertiary/aromatic N) is 2. The largest absolute Gasteiger partial charge is 0.327 e. The third-order valence-corrected chi connectivity index (χ3v) is 3.71. The minimum absolute atomic E-state index is 0.222. The zero-order valence-electron chi connectivity index (χ0n) is 11.2. The van der Waals surface area contributed by atoms with Crippen LogP contribution in [0, 0.1) is 11.6 Å². The van der Waals surface area contributed by atoms with Crippen molar-refractivity contribution in [2.24, 2.45) is 0 Å². The number of imidazole rings is 1. The van der Waals surface area contributed by atoms with Gasteiger partial charge in [0.1, 0.15) is 17.5 Å². The summed E-state index contributed by atoms with van der Waals surface area (Å²) >= 11 is 5.91. The highest BCUT2D eigenvalue weighted by atomic mass is 35.5. The Hall–Kier alpha value is -1.94. The summed E-state index contributed by atoms with van der Waals surface area (Å²) in [5.74, 6) is 0.337. The fraction of sp³-hybridized carbons (Fsp3) is 0.188. The quantitative estimate of drug-likeness (QED) is 0.657. The lowest BCUT2D eigenvalue weighted by Crippen LogP contribution is -2.06. The standard InChI is InChI=1S/C16H13ClF2N2/c17-10-16-20-14-9-12(18)5-6-15(14)21(16)8-7-11-3-1-2-4-13(11)19/h1-6,9H,7-8,10H2. The minimum atomic E-state index is -0.331. The van der Waals surface area contributed by atoms with E-state index in [2.05, 4.69) is 4.98 Å². The van der Waals surface area contributed by atoms with Crippen LogP contribution in [-0.4, -0.2) is 9.55 Å². The van der Waals surface area contributed by atoms with E-state index in [1.165, 1.54) is 18.2 Å². The maximum Gasteiger partial charge on any atom is 0.126 e. The molecule has 0 aliphatic rings. The molecule has 1 heterocycles. The molecule has 3 aromatic rings. The van der Waals surface area contributed by atoms with E-state index in [9.17, 15) is 8.78 Å². The first-order valence-electron chi connectivity index (χ1n) is 6.63. The van der Waals surface area contributed by atoms with Crippen molar-refractivity contribution >= 4 is 22.6 Å². The van der Waals surface area contributed by atoms with E-state index in [1.807, 2.05) is 10.6 Å². The highest BCUT2D eigenvalue weighted by Crippen LogP contribution is 2.20. The van der Waals surface area contributed by atoms with Crippen molar-refractivity contribution in [2.75, 3.05) is 0 Å². The zero-order valence-corrected chi connectivity index (χ0v) is 11.9. The fourth-order valence-electron chi connectivity index (χ4n) is 2.44. The highest BCUT2D eigenvalue weighted by Gasteiger charge is 2.11. The van der Waals surface area contributed by atoms with Crippen LogP contribution in [0.5, 0.6) is 0 Å². The van der Waals surface area contributed by atoms with Crippen LogP contribution in [0.1, 0.15) is 11.4 Å². The molecular formula is C16H13ClF2N2. The van der Waals surface area contributed by atoms with Gasteiger partial charge in [-0.2, -0.15) is 0 Å². The van der Waals surface area contributed by atoms with Crippen LogP contribution in [0.25, 0.3) is 11.0 Å². The van der Waals surface area contributed by atoms with E-state index >= 15 is 0 Å². The van der Waals surface area contributed by atoms with Crippen LogP contribution in [0.3, 0.4) is 0 Å². The molecule has 5 heteroatoms. The van der Waals surface area contributed by atoms with Crippen molar-refractivity contribution in [3.63, 3.8) is 0 Å². The van der Waals surface area contributed by atoms with E-state index < -0.39 is 0 Å². The number of aromatic nitrogens is 2. The lowest BCUT2D eigenvalue weighted by atomic mass is 10.1. The van der Waals surface area contributed by atoms with Crippen molar-refractivity contribution < 1.29 is 8.78 Å². The molecule has 0 atom stereocenters. The average molecular weight is 307 g/mol. The molecule has 0 radical (unpaired) electrons. The minimum Gasteiger partial charge on any atom is -0.327 e. The first-order chi connectivity index (χ1) is 10.2. The van der Waals surface area contributed by atoms with E-state index in [4.69, 9.17) is 11.6 Å². The number of benzene rings is 2. The van der Waals surface area contributed by atoms with Crippen LogP contribution in [0.15, 0.2) is 42.5 Å². The summed E-state index contributed by atoms with van der Waals surface area (Å²) in [4.78, 5) is 4.32. The molecule has 3 rings (SSSR count). The lowest BCUT2D eigenvalue weighted by molar-refractivity contribution is 0.593. The second kappa shape index (κ2) is 5.82. The Morgan fingerprint density at radius 3 is 2.67 bits per heavy atom. The van der Waals surface area contributed by atoms with Gasteiger partial charge in [-0.25, -0.2) is 13.8 Å². The van der Waals surface area contributed by atoms with Crippen LogP contribution in [0.2, 0.25) is 0 Å². The molecule has 108 valence electrons. The Bertz CT molecular complexity index is 783. The topological polar surface area (TPSA) is 17.8 Å². The van der Waals surface area contributed by atoms with E-state index in [0.29, 0.717) is 29.9 Å². The molecule has 21 heavy (non-hydrogen) atoms. The third-order valence-electron chi connectivity index (χ3n) is 3.47. The molecule has 0 bridgehead atoms. The van der Waals surface area contributed by atoms with E-state index in [1.54, 1.807) is 18.2 Å². The second-order valence-corrected chi connectivity index (χ2v) is 5.06. The van der Waals surface area contributed by atoms with Crippen LogP contribution in [0.4, 0.5) is 8.78 Å². The monoisotopic (exact) mass is 306 g/mol. The summed E-state index contributed by atoms with van der Waals surface area (Å²) in [6.07, 6.45) is 0.527. The molecule has 2 nitrogen and oxygen atoms in total. The summed E-state index contributed by atoms with van der Waals surface area (Å²) < 4.78 is 28.8. The number of fused-ring (bicyclic) bond motifs is 1. The van der Waals surface area contributed by atoms with E-state index in [-0.39, 0.29) is 17.5 Å². The summed E-state index contributed by atoms with van der Waals surface area (Å²) in [7, 11) is 0. The van der Waals surface area contributed by atoms with Crippen molar-refractivity contribution in [2.45, 2.75) is 18.8 Å². The molecule has 0 saturated carbocycles. The Morgan fingerprint density at radius 1 is 1.10 bits per heavy atom. The van der Waals surface area contributed by atoms with Gasteiger partial charge in [0.05, 0.1) is 16.9 Å². The van der Waals surface area contributed by atoms with Gasteiger partial charge in [0.2, 0.25) is 0 Å². The van der Waals surface area contributed by atoms with Crippen molar-refractivity contribution in [1.29, 1.82) is 0 Å². The summed E-state index contributed by atoms with van der Waals surface area (Å²) in [6, 6.07) is 11.1. The van der Waals surface area contributed by atoms with Gasteiger partial charge in [-0.15, -0.1) is 11.6 Å². The molecule has 0 fully saturated rings. The third kappa shape index (κ3) is 2.76. The molecule has 0 saturated heterocycles. The molecule has 0 aliphatic carbocycles. The molecule has 0 unspecified atom stereocenters. The Balaban J connectivity index is 1.94. The number of aryl methyl sites for hydroxylation is 2. The molecule has 0 spiro atoms. The Labute approximate surface area is 126 Å². The van der Waals surface area contributed by atoms with Crippen LogP contribution >= 0.6 is 11.6 Å². The second-order valence-electron chi connectivity index (χ2n) is 4.79. The number of halogens is 3. The van der Waals surface area contributed by atoms with Gasteiger partial charge in [-0.3, -0.25) is 0 Å². The molecule has 2 aromatic carbocycles. The molecule has 0 amide bonds. The summed E-state index contributed by atoms with van der Waals surface area (Å²) in [5, 5.41) is 0. The number of rotatable bonds is 4. The smallest absolute Gasteiger partial charge is 0.126 e. The van der Waals surface area contributed by atoms with Crippen molar-refractivity contribution in [3.8, 4) is 0 Å². The van der Waals surface area contributed by atoms with Gasteiger partial charge < -0.3 is 4.57 Å². The molecule has 1 aromatic heterocycles. The first-order valence-corrected chi connectivity index (χ1v) is 7.16. The zero-order chi connectivity index (χ0) is 14.8. The highest BCUT2D eigenvalue weighted by molar-refractivity contribution is 6.16. The lowest BCUT2D eigenvalue weighted by Gasteiger charge is -2.08.